The second-order valence-corrected chi connectivity index (χ2v) is 6.94. The molecule has 0 amide bonds. The van der Waals surface area contributed by atoms with Crippen molar-refractivity contribution in [2.24, 2.45) is 11.7 Å². The van der Waals surface area contributed by atoms with Crippen LogP contribution >= 0.6 is 0 Å². The lowest BCUT2D eigenvalue weighted by molar-refractivity contribution is 0.306. The standard InChI is InChI=1S/C17H29N/c1-7-13(2)17(6,18)12-14-8-10-15(11-9-14)16(3,4)5/h8-11,13H,7,12,18H2,1-6H3. The van der Waals surface area contributed by atoms with Crippen LogP contribution in [0.4, 0.5) is 0 Å². The second-order valence-electron chi connectivity index (χ2n) is 6.94. The first-order chi connectivity index (χ1) is 8.16. The number of nitrogens with two attached hydrogens (primary N) is 1. The van der Waals surface area contributed by atoms with Crippen molar-refractivity contribution >= 4 is 0 Å². The fourth-order valence-corrected chi connectivity index (χ4v) is 2.20. The molecule has 0 aromatic heterocycles. The van der Waals surface area contributed by atoms with Crippen LogP contribution < -0.4 is 5.73 Å². The zero-order valence-electron chi connectivity index (χ0n) is 12.9. The van der Waals surface area contributed by atoms with E-state index in [2.05, 4.69) is 65.8 Å². The van der Waals surface area contributed by atoms with E-state index in [0.717, 1.165) is 12.8 Å². The Morgan fingerprint density at radius 1 is 1.06 bits per heavy atom. The van der Waals surface area contributed by atoms with E-state index in [0.29, 0.717) is 5.92 Å². The third kappa shape index (κ3) is 3.84. The summed E-state index contributed by atoms with van der Waals surface area (Å²) in [6.45, 7) is 13.3. The number of hydrogen-bond donors (Lipinski definition) is 1. The van der Waals surface area contributed by atoms with Crippen molar-refractivity contribution in [3.05, 3.63) is 35.4 Å². The first-order valence-corrected chi connectivity index (χ1v) is 7.05. The molecule has 2 unspecified atom stereocenters. The molecule has 1 aromatic rings. The van der Waals surface area contributed by atoms with E-state index in [-0.39, 0.29) is 11.0 Å². The maximum absolute atomic E-state index is 6.43. The van der Waals surface area contributed by atoms with Gasteiger partial charge in [0.15, 0.2) is 0 Å². The van der Waals surface area contributed by atoms with E-state index in [9.17, 15) is 0 Å². The molecule has 0 aliphatic heterocycles. The molecule has 2 atom stereocenters. The Balaban J connectivity index is 2.81. The van der Waals surface area contributed by atoms with E-state index >= 15 is 0 Å². The van der Waals surface area contributed by atoms with Crippen molar-refractivity contribution in [2.75, 3.05) is 0 Å². The fraction of sp³-hybridized carbons (Fsp3) is 0.647. The van der Waals surface area contributed by atoms with Gasteiger partial charge < -0.3 is 5.73 Å². The van der Waals surface area contributed by atoms with Gasteiger partial charge in [-0.2, -0.15) is 0 Å². The Labute approximate surface area is 113 Å². The predicted molar refractivity (Wildman–Crippen MR) is 80.9 cm³/mol. The Kier molecular flexibility index (Phi) is 4.61. The molecule has 1 aromatic carbocycles. The lowest BCUT2D eigenvalue weighted by atomic mass is 9.80. The van der Waals surface area contributed by atoms with Crippen LogP contribution in [0.5, 0.6) is 0 Å². The van der Waals surface area contributed by atoms with Crippen LogP contribution in [0.3, 0.4) is 0 Å². The van der Waals surface area contributed by atoms with Crippen LogP contribution in [0.15, 0.2) is 24.3 Å². The lowest BCUT2D eigenvalue weighted by Gasteiger charge is -2.31. The van der Waals surface area contributed by atoms with Crippen molar-refractivity contribution in [2.45, 2.75) is 65.3 Å². The van der Waals surface area contributed by atoms with Crippen LogP contribution in [0.1, 0.15) is 59.1 Å². The van der Waals surface area contributed by atoms with Gasteiger partial charge >= 0.3 is 0 Å². The summed E-state index contributed by atoms with van der Waals surface area (Å²) in [6.07, 6.45) is 2.08. The molecule has 0 radical (unpaired) electrons. The Hall–Kier alpha value is -0.820. The molecular formula is C17H29N. The minimum Gasteiger partial charge on any atom is -0.325 e. The quantitative estimate of drug-likeness (QED) is 0.844. The molecule has 0 fully saturated rings. The molecule has 1 nitrogen and oxygen atoms in total. The first kappa shape index (κ1) is 15.2. The lowest BCUT2D eigenvalue weighted by Crippen LogP contribution is -2.44. The fourth-order valence-electron chi connectivity index (χ4n) is 2.20. The summed E-state index contributed by atoms with van der Waals surface area (Å²) in [7, 11) is 0. The van der Waals surface area contributed by atoms with E-state index in [4.69, 9.17) is 5.73 Å². The summed E-state index contributed by atoms with van der Waals surface area (Å²) in [5, 5.41) is 0. The van der Waals surface area contributed by atoms with Crippen LogP contribution in [-0.2, 0) is 11.8 Å². The minimum atomic E-state index is -0.113. The second kappa shape index (κ2) is 5.44. The van der Waals surface area contributed by atoms with Crippen molar-refractivity contribution in [1.29, 1.82) is 0 Å². The molecule has 0 heterocycles. The van der Waals surface area contributed by atoms with Gasteiger partial charge in [-0.15, -0.1) is 0 Å². The molecule has 1 heteroatoms. The molecule has 0 aliphatic rings. The zero-order chi connectivity index (χ0) is 14.0. The van der Waals surface area contributed by atoms with Gasteiger partial charge in [0.25, 0.3) is 0 Å². The average Bonchev–Trinajstić information content (AvgIpc) is 2.26. The van der Waals surface area contributed by atoms with Crippen molar-refractivity contribution in [3.8, 4) is 0 Å². The molecule has 2 N–H and O–H groups in total. The van der Waals surface area contributed by atoms with Crippen LogP contribution in [0.25, 0.3) is 0 Å². The summed E-state index contributed by atoms with van der Waals surface area (Å²) < 4.78 is 0. The first-order valence-electron chi connectivity index (χ1n) is 7.05. The smallest absolute Gasteiger partial charge is 0.0192 e. The molecule has 102 valence electrons. The highest BCUT2D eigenvalue weighted by Crippen LogP contribution is 2.25. The van der Waals surface area contributed by atoms with Gasteiger partial charge in [0.1, 0.15) is 0 Å². The highest BCUT2D eigenvalue weighted by Gasteiger charge is 2.25. The van der Waals surface area contributed by atoms with Gasteiger partial charge in [0, 0.05) is 5.54 Å². The van der Waals surface area contributed by atoms with E-state index < -0.39 is 0 Å². The molecule has 18 heavy (non-hydrogen) atoms. The van der Waals surface area contributed by atoms with Crippen LogP contribution in [0.2, 0.25) is 0 Å². The topological polar surface area (TPSA) is 26.0 Å². The number of benzene rings is 1. The highest BCUT2D eigenvalue weighted by molar-refractivity contribution is 5.28. The van der Waals surface area contributed by atoms with Gasteiger partial charge in [-0.25, -0.2) is 0 Å². The third-order valence-corrected chi connectivity index (χ3v) is 4.14. The Bertz CT molecular complexity index is 368. The summed E-state index contributed by atoms with van der Waals surface area (Å²) in [5.41, 5.74) is 9.26. The van der Waals surface area contributed by atoms with Crippen molar-refractivity contribution < 1.29 is 0 Å². The summed E-state index contributed by atoms with van der Waals surface area (Å²) in [6, 6.07) is 8.94. The molecule has 1 rings (SSSR count). The van der Waals surface area contributed by atoms with Gasteiger partial charge in [-0.1, -0.05) is 65.3 Å². The zero-order valence-corrected chi connectivity index (χ0v) is 12.9. The van der Waals surface area contributed by atoms with E-state index in [1.54, 1.807) is 0 Å². The Morgan fingerprint density at radius 3 is 1.94 bits per heavy atom. The van der Waals surface area contributed by atoms with E-state index in [1.807, 2.05) is 0 Å². The number of hydrogen-bond acceptors (Lipinski definition) is 1. The SMILES string of the molecule is CCC(C)C(C)(N)Cc1ccc(C(C)(C)C)cc1. The van der Waals surface area contributed by atoms with Crippen molar-refractivity contribution in [1.82, 2.24) is 0 Å². The number of rotatable bonds is 4. The highest BCUT2D eigenvalue weighted by atomic mass is 14.7. The maximum atomic E-state index is 6.43. The normalized spacial score (nSPS) is 17.3. The molecule has 0 aliphatic carbocycles. The maximum Gasteiger partial charge on any atom is 0.0192 e. The third-order valence-electron chi connectivity index (χ3n) is 4.14. The largest absolute Gasteiger partial charge is 0.325 e. The van der Waals surface area contributed by atoms with Gasteiger partial charge in [0.05, 0.1) is 0 Å². The summed E-state index contributed by atoms with van der Waals surface area (Å²) in [4.78, 5) is 0. The molecule has 0 bridgehead atoms. The van der Waals surface area contributed by atoms with Gasteiger partial charge in [0.2, 0.25) is 0 Å². The van der Waals surface area contributed by atoms with E-state index in [1.165, 1.54) is 11.1 Å². The molecule has 0 spiro atoms. The predicted octanol–water partition coefficient (Wildman–Crippen LogP) is 4.29. The van der Waals surface area contributed by atoms with Crippen LogP contribution in [0, 0.1) is 5.92 Å². The van der Waals surface area contributed by atoms with Crippen molar-refractivity contribution in [3.63, 3.8) is 0 Å². The van der Waals surface area contributed by atoms with Gasteiger partial charge in [-0.3, -0.25) is 0 Å². The van der Waals surface area contributed by atoms with Crippen LogP contribution in [-0.4, -0.2) is 5.54 Å². The van der Waals surface area contributed by atoms with Gasteiger partial charge in [-0.05, 0) is 35.8 Å². The average molecular weight is 247 g/mol. The minimum absolute atomic E-state index is 0.113. The molecule has 0 saturated carbocycles. The summed E-state index contributed by atoms with van der Waals surface area (Å²) in [5.74, 6) is 0.541. The monoisotopic (exact) mass is 247 g/mol. The molecular weight excluding hydrogens is 218 g/mol. The summed E-state index contributed by atoms with van der Waals surface area (Å²) >= 11 is 0. The Morgan fingerprint density at radius 2 is 1.56 bits per heavy atom. The molecule has 0 saturated heterocycles.